The Kier molecular flexibility index (Phi) is 3.83. The van der Waals surface area contributed by atoms with Crippen molar-refractivity contribution in [3.05, 3.63) is 29.3 Å². The number of nitrogens with two attached hydrogens (primary N) is 1. The molecule has 1 aromatic rings. The summed E-state index contributed by atoms with van der Waals surface area (Å²) in [7, 11) is 0. The number of rotatable bonds is 3. The second-order valence-corrected chi connectivity index (χ2v) is 4.62. The van der Waals surface area contributed by atoms with E-state index in [1.165, 1.54) is 24.0 Å². The average Bonchev–Trinajstić information content (AvgIpc) is 2.53. The van der Waals surface area contributed by atoms with Gasteiger partial charge in [-0.2, -0.15) is 0 Å². The van der Waals surface area contributed by atoms with Gasteiger partial charge < -0.3 is 10.5 Å². The fraction of sp³-hybridized carbons (Fsp3) is 0.571. The molecule has 0 saturated heterocycles. The highest BCUT2D eigenvalue weighted by atomic mass is 16.5. The van der Waals surface area contributed by atoms with Gasteiger partial charge in [-0.05, 0) is 49.3 Å². The molecule has 2 rings (SSSR count). The molecule has 1 aliphatic rings. The summed E-state index contributed by atoms with van der Waals surface area (Å²) in [6.07, 6.45) is 5.55. The van der Waals surface area contributed by atoms with E-state index in [0.717, 1.165) is 31.6 Å². The van der Waals surface area contributed by atoms with Crippen molar-refractivity contribution in [3.8, 4) is 5.75 Å². The second kappa shape index (κ2) is 5.35. The van der Waals surface area contributed by atoms with E-state index < -0.39 is 0 Å². The van der Waals surface area contributed by atoms with Gasteiger partial charge in [0.2, 0.25) is 0 Å². The molecule has 88 valence electrons. The van der Waals surface area contributed by atoms with E-state index in [-0.39, 0.29) is 6.04 Å². The van der Waals surface area contributed by atoms with Gasteiger partial charge >= 0.3 is 0 Å². The van der Waals surface area contributed by atoms with E-state index in [1.54, 1.807) is 0 Å². The number of aryl methyl sites for hydroxylation is 1. The number of hydrogen-bond donors (Lipinski definition) is 1. The molecule has 0 bridgehead atoms. The maximum atomic E-state index is 5.98. The molecule has 0 aromatic heterocycles. The number of ether oxygens (including phenoxy) is 1. The molecular formula is C14H21NO. The zero-order valence-electron chi connectivity index (χ0n) is 10.0. The van der Waals surface area contributed by atoms with Crippen molar-refractivity contribution >= 4 is 0 Å². The standard InChI is InChI=1S/C14H21NO/c1-2-13(15)10-11-6-7-14-12(9-11)5-3-4-8-16-14/h6-7,9,13H,2-5,8,10,15H2,1H3. The molecule has 0 radical (unpaired) electrons. The Balaban J connectivity index is 2.14. The molecule has 1 heterocycles. The van der Waals surface area contributed by atoms with E-state index in [2.05, 4.69) is 25.1 Å². The van der Waals surface area contributed by atoms with Crippen LogP contribution in [-0.2, 0) is 12.8 Å². The zero-order valence-corrected chi connectivity index (χ0v) is 10.0. The van der Waals surface area contributed by atoms with Crippen molar-refractivity contribution in [2.24, 2.45) is 5.73 Å². The third-order valence-electron chi connectivity index (χ3n) is 3.25. The van der Waals surface area contributed by atoms with Crippen LogP contribution < -0.4 is 10.5 Å². The summed E-state index contributed by atoms with van der Waals surface area (Å²) >= 11 is 0. The van der Waals surface area contributed by atoms with Crippen molar-refractivity contribution in [1.82, 2.24) is 0 Å². The summed E-state index contributed by atoms with van der Waals surface area (Å²) in [4.78, 5) is 0. The van der Waals surface area contributed by atoms with E-state index in [0.29, 0.717) is 0 Å². The Morgan fingerprint density at radius 1 is 1.38 bits per heavy atom. The summed E-state index contributed by atoms with van der Waals surface area (Å²) in [6.45, 7) is 3.00. The molecular weight excluding hydrogens is 198 g/mol. The van der Waals surface area contributed by atoms with Gasteiger partial charge in [-0.1, -0.05) is 19.1 Å². The van der Waals surface area contributed by atoms with Crippen molar-refractivity contribution in [1.29, 1.82) is 0 Å². The van der Waals surface area contributed by atoms with Crippen LogP contribution in [0, 0.1) is 0 Å². The lowest BCUT2D eigenvalue weighted by Crippen LogP contribution is -2.21. The van der Waals surface area contributed by atoms with Gasteiger partial charge in [0.05, 0.1) is 6.61 Å². The monoisotopic (exact) mass is 219 g/mol. The molecule has 2 N–H and O–H groups in total. The predicted molar refractivity (Wildman–Crippen MR) is 66.8 cm³/mol. The van der Waals surface area contributed by atoms with Crippen LogP contribution in [0.4, 0.5) is 0 Å². The van der Waals surface area contributed by atoms with E-state index in [1.807, 2.05) is 0 Å². The molecule has 16 heavy (non-hydrogen) atoms. The maximum absolute atomic E-state index is 5.98. The highest BCUT2D eigenvalue weighted by Crippen LogP contribution is 2.25. The van der Waals surface area contributed by atoms with Crippen LogP contribution in [0.5, 0.6) is 5.75 Å². The molecule has 0 amide bonds. The summed E-state index contributed by atoms with van der Waals surface area (Å²) < 4.78 is 5.70. The minimum Gasteiger partial charge on any atom is -0.493 e. The summed E-state index contributed by atoms with van der Waals surface area (Å²) in [6, 6.07) is 6.82. The first-order valence-corrected chi connectivity index (χ1v) is 6.29. The van der Waals surface area contributed by atoms with E-state index in [9.17, 15) is 0 Å². The first kappa shape index (κ1) is 11.5. The summed E-state index contributed by atoms with van der Waals surface area (Å²) in [5, 5.41) is 0. The molecule has 1 atom stereocenters. The van der Waals surface area contributed by atoms with Gasteiger partial charge in [-0.3, -0.25) is 0 Å². The van der Waals surface area contributed by atoms with Crippen LogP contribution in [-0.4, -0.2) is 12.6 Å². The van der Waals surface area contributed by atoms with Gasteiger partial charge in [0.1, 0.15) is 5.75 Å². The normalized spacial score (nSPS) is 17.1. The molecule has 0 spiro atoms. The Morgan fingerprint density at radius 2 is 2.25 bits per heavy atom. The first-order valence-electron chi connectivity index (χ1n) is 6.29. The molecule has 2 nitrogen and oxygen atoms in total. The fourth-order valence-electron chi connectivity index (χ4n) is 2.14. The highest BCUT2D eigenvalue weighted by Gasteiger charge is 2.10. The van der Waals surface area contributed by atoms with Gasteiger partial charge in [0.25, 0.3) is 0 Å². The Hall–Kier alpha value is -1.02. The van der Waals surface area contributed by atoms with Crippen LogP contribution in [0.3, 0.4) is 0 Å². The molecule has 1 aliphatic heterocycles. The summed E-state index contributed by atoms with van der Waals surface area (Å²) in [5.41, 5.74) is 8.69. The van der Waals surface area contributed by atoms with E-state index in [4.69, 9.17) is 10.5 Å². The molecule has 1 aromatic carbocycles. The molecule has 0 aliphatic carbocycles. The number of fused-ring (bicyclic) bond motifs is 1. The molecule has 0 fully saturated rings. The molecule has 1 unspecified atom stereocenters. The largest absolute Gasteiger partial charge is 0.493 e. The first-order chi connectivity index (χ1) is 7.79. The third kappa shape index (κ3) is 2.76. The van der Waals surface area contributed by atoms with Crippen LogP contribution in [0.2, 0.25) is 0 Å². The molecule has 0 saturated carbocycles. The number of benzene rings is 1. The topological polar surface area (TPSA) is 35.2 Å². The second-order valence-electron chi connectivity index (χ2n) is 4.62. The minimum absolute atomic E-state index is 0.282. The zero-order chi connectivity index (χ0) is 11.4. The van der Waals surface area contributed by atoms with Crippen LogP contribution in [0.1, 0.15) is 37.3 Å². The quantitative estimate of drug-likeness (QED) is 0.848. The third-order valence-corrected chi connectivity index (χ3v) is 3.25. The minimum atomic E-state index is 0.282. The number of hydrogen-bond acceptors (Lipinski definition) is 2. The molecule has 2 heteroatoms. The van der Waals surface area contributed by atoms with E-state index >= 15 is 0 Å². The van der Waals surface area contributed by atoms with Crippen LogP contribution in [0.25, 0.3) is 0 Å². The van der Waals surface area contributed by atoms with Crippen molar-refractivity contribution in [2.75, 3.05) is 6.61 Å². The smallest absolute Gasteiger partial charge is 0.122 e. The van der Waals surface area contributed by atoms with Gasteiger partial charge in [-0.25, -0.2) is 0 Å². The SMILES string of the molecule is CCC(N)Cc1ccc2c(c1)CCCCO2. The van der Waals surface area contributed by atoms with Gasteiger partial charge in [-0.15, -0.1) is 0 Å². The Labute approximate surface area is 97.8 Å². The Morgan fingerprint density at radius 3 is 3.06 bits per heavy atom. The van der Waals surface area contributed by atoms with Crippen LogP contribution in [0.15, 0.2) is 18.2 Å². The lowest BCUT2D eigenvalue weighted by molar-refractivity contribution is 0.317. The van der Waals surface area contributed by atoms with Crippen molar-refractivity contribution < 1.29 is 4.74 Å². The van der Waals surface area contributed by atoms with Gasteiger partial charge in [0, 0.05) is 6.04 Å². The predicted octanol–water partition coefficient (Wildman–Crippen LogP) is 2.68. The van der Waals surface area contributed by atoms with Crippen LogP contribution >= 0.6 is 0 Å². The summed E-state index contributed by atoms with van der Waals surface area (Å²) in [5.74, 6) is 1.08. The van der Waals surface area contributed by atoms with Gasteiger partial charge in [0.15, 0.2) is 0 Å². The maximum Gasteiger partial charge on any atom is 0.122 e. The highest BCUT2D eigenvalue weighted by molar-refractivity contribution is 5.38. The average molecular weight is 219 g/mol. The lowest BCUT2D eigenvalue weighted by Gasteiger charge is -2.12. The van der Waals surface area contributed by atoms with Crippen molar-refractivity contribution in [3.63, 3.8) is 0 Å². The fourth-order valence-corrected chi connectivity index (χ4v) is 2.14. The van der Waals surface area contributed by atoms with Crippen molar-refractivity contribution in [2.45, 2.75) is 45.1 Å². The Bertz CT molecular complexity index is 349. The lowest BCUT2D eigenvalue weighted by atomic mass is 10.00.